The lowest BCUT2D eigenvalue weighted by Crippen LogP contribution is -2.35. The monoisotopic (exact) mass is 453 g/mol. The van der Waals surface area contributed by atoms with Gasteiger partial charge in [0.15, 0.2) is 16.7 Å². The fraction of sp³-hybridized carbons (Fsp3) is 0.450. The lowest BCUT2D eigenvalue weighted by atomic mass is 9.87. The van der Waals surface area contributed by atoms with E-state index < -0.39 is 6.36 Å². The Morgan fingerprint density at radius 3 is 2.71 bits per heavy atom. The van der Waals surface area contributed by atoms with Gasteiger partial charge in [0.25, 0.3) is 0 Å². The lowest BCUT2D eigenvalue weighted by Gasteiger charge is -2.30. The van der Waals surface area contributed by atoms with Gasteiger partial charge in [-0.3, -0.25) is 0 Å². The molecule has 7 nitrogen and oxygen atoms in total. The molecule has 1 aliphatic carbocycles. The summed E-state index contributed by atoms with van der Waals surface area (Å²) in [5.41, 5.74) is 1.41. The number of alkyl halides is 3. The van der Waals surface area contributed by atoms with E-state index in [0.29, 0.717) is 29.3 Å². The molecule has 0 radical (unpaired) electrons. The molecule has 1 aromatic carbocycles. The SMILES string of the molecule is CN1CC2(CCCC2)COc2c1c(Cl)nn1c(-c3cccc(OC(F)(F)F)c3)nnc21. The van der Waals surface area contributed by atoms with Crippen molar-refractivity contribution in [2.45, 2.75) is 32.0 Å². The zero-order valence-corrected chi connectivity index (χ0v) is 17.4. The molecule has 31 heavy (non-hydrogen) atoms. The van der Waals surface area contributed by atoms with Gasteiger partial charge in [-0.2, -0.15) is 4.52 Å². The van der Waals surface area contributed by atoms with Crippen LogP contribution in [0.5, 0.6) is 11.5 Å². The van der Waals surface area contributed by atoms with Crippen molar-refractivity contribution in [3.63, 3.8) is 0 Å². The Kier molecular flexibility index (Phi) is 4.65. The molecular formula is C20H19ClF3N5O2. The number of benzene rings is 1. The Labute approximate surface area is 180 Å². The van der Waals surface area contributed by atoms with Gasteiger partial charge >= 0.3 is 6.36 Å². The Morgan fingerprint density at radius 1 is 1.19 bits per heavy atom. The average molecular weight is 454 g/mol. The second-order valence-electron chi connectivity index (χ2n) is 8.16. The van der Waals surface area contributed by atoms with Crippen molar-refractivity contribution in [1.29, 1.82) is 0 Å². The van der Waals surface area contributed by atoms with Gasteiger partial charge in [0.1, 0.15) is 11.4 Å². The zero-order valence-electron chi connectivity index (χ0n) is 16.6. The Balaban J connectivity index is 1.58. The summed E-state index contributed by atoms with van der Waals surface area (Å²) in [5, 5.41) is 13.0. The van der Waals surface area contributed by atoms with Crippen LogP contribution in [0.4, 0.5) is 18.9 Å². The van der Waals surface area contributed by atoms with E-state index in [1.54, 1.807) is 6.07 Å². The standard InChI is InChI=1S/C20H19ClF3N5O2/c1-28-10-19(7-2-3-8-19)11-30-15-14(28)16(21)27-29-17(25-26-18(15)29)12-5-4-6-13(9-12)31-20(22,23)24/h4-6,9H,2-3,7-8,10-11H2,1H3. The molecule has 0 amide bonds. The number of anilines is 1. The highest BCUT2D eigenvalue weighted by Crippen LogP contribution is 2.47. The predicted molar refractivity (Wildman–Crippen MR) is 108 cm³/mol. The van der Waals surface area contributed by atoms with Crippen molar-refractivity contribution in [2.24, 2.45) is 5.41 Å². The minimum atomic E-state index is -4.79. The molecule has 1 saturated carbocycles. The van der Waals surface area contributed by atoms with Crippen LogP contribution < -0.4 is 14.4 Å². The van der Waals surface area contributed by atoms with Gasteiger partial charge in [0.05, 0.1) is 6.61 Å². The number of nitrogens with zero attached hydrogens (tertiary/aromatic N) is 5. The van der Waals surface area contributed by atoms with Crippen LogP contribution in [-0.2, 0) is 0 Å². The molecule has 0 bridgehead atoms. The van der Waals surface area contributed by atoms with Crippen molar-refractivity contribution < 1.29 is 22.6 Å². The van der Waals surface area contributed by atoms with Gasteiger partial charge in [-0.05, 0) is 25.0 Å². The van der Waals surface area contributed by atoms with Crippen LogP contribution in [0.15, 0.2) is 24.3 Å². The molecule has 3 heterocycles. The first-order chi connectivity index (χ1) is 14.7. The molecule has 0 unspecified atom stereocenters. The van der Waals surface area contributed by atoms with E-state index in [0.717, 1.165) is 19.4 Å². The minimum absolute atomic E-state index is 0.0558. The van der Waals surface area contributed by atoms with Gasteiger partial charge in [0.2, 0.25) is 5.65 Å². The molecule has 0 atom stereocenters. The van der Waals surface area contributed by atoms with Crippen molar-refractivity contribution in [1.82, 2.24) is 19.8 Å². The summed E-state index contributed by atoms with van der Waals surface area (Å²) in [6, 6.07) is 5.48. The highest BCUT2D eigenvalue weighted by molar-refractivity contribution is 6.32. The predicted octanol–water partition coefficient (Wildman–Crippen LogP) is 4.73. The van der Waals surface area contributed by atoms with Crippen LogP contribution in [0.25, 0.3) is 17.0 Å². The van der Waals surface area contributed by atoms with E-state index in [2.05, 4.69) is 24.9 Å². The van der Waals surface area contributed by atoms with Crippen LogP contribution in [0.1, 0.15) is 25.7 Å². The average Bonchev–Trinajstić information content (AvgIpc) is 3.28. The highest BCUT2D eigenvalue weighted by Gasteiger charge is 2.40. The van der Waals surface area contributed by atoms with Crippen molar-refractivity contribution >= 4 is 22.9 Å². The van der Waals surface area contributed by atoms with Crippen LogP contribution in [0.3, 0.4) is 0 Å². The van der Waals surface area contributed by atoms with Crippen LogP contribution in [-0.4, -0.2) is 46.4 Å². The number of ether oxygens (including phenoxy) is 2. The Bertz CT molecular complexity index is 1140. The first-order valence-corrected chi connectivity index (χ1v) is 10.3. The van der Waals surface area contributed by atoms with Crippen molar-refractivity contribution in [2.75, 3.05) is 25.1 Å². The molecule has 0 N–H and O–H groups in total. The number of hydrogen-bond donors (Lipinski definition) is 0. The maximum absolute atomic E-state index is 12.6. The second-order valence-corrected chi connectivity index (χ2v) is 8.51. The van der Waals surface area contributed by atoms with E-state index in [-0.39, 0.29) is 22.1 Å². The molecule has 1 aliphatic heterocycles. The summed E-state index contributed by atoms with van der Waals surface area (Å²) in [6.45, 7) is 1.34. The molecule has 164 valence electrons. The second kappa shape index (κ2) is 7.15. The number of aromatic nitrogens is 4. The number of hydrogen-bond acceptors (Lipinski definition) is 6. The summed E-state index contributed by atoms with van der Waals surface area (Å²) < 4.78 is 49.5. The summed E-state index contributed by atoms with van der Waals surface area (Å²) in [7, 11) is 1.95. The number of halogens is 4. The largest absolute Gasteiger partial charge is 0.573 e. The minimum Gasteiger partial charge on any atom is -0.487 e. The normalized spacial score (nSPS) is 18.2. The first-order valence-electron chi connectivity index (χ1n) is 9.90. The van der Waals surface area contributed by atoms with Gasteiger partial charge in [-0.15, -0.1) is 28.5 Å². The van der Waals surface area contributed by atoms with Crippen LogP contribution in [0, 0.1) is 5.41 Å². The van der Waals surface area contributed by atoms with Crippen molar-refractivity contribution in [3.8, 4) is 22.9 Å². The van der Waals surface area contributed by atoms with Gasteiger partial charge in [-0.1, -0.05) is 36.6 Å². The maximum atomic E-state index is 12.6. The third kappa shape index (κ3) is 3.62. The molecule has 1 spiro atoms. The number of rotatable bonds is 2. The third-order valence-electron chi connectivity index (χ3n) is 5.91. The topological polar surface area (TPSA) is 64.8 Å². The quantitative estimate of drug-likeness (QED) is 0.559. The van der Waals surface area contributed by atoms with Gasteiger partial charge in [0, 0.05) is 24.6 Å². The van der Waals surface area contributed by atoms with E-state index in [9.17, 15) is 13.2 Å². The molecule has 5 rings (SSSR count). The van der Waals surface area contributed by atoms with Gasteiger partial charge in [-0.25, -0.2) is 0 Å². The smallest absolute Gasteiger partial charge is 0.487 e. The molecular weight excluding hydrogens is 435 g/mol. The van der Waals surface area contributed by atoms with Crippen molar-refractivity contribution in [3.05, 3.63) is 29.4 Å². The fourth-order valence-corrected chi connectivity index (χ4v) is 4.91. The van der Waals surface area contributed by atoms with E-state index >= 15 is 0 Å². The molecule has 11 heteroatoms. The highest BCUT2D eigenvalue weighted by atomic mass is 35.5. The summed E-state index contributed by atoms with van der Waals surface area (Å²) >= 11 is 6.54. The summed E-state index contributed by atoms with van der Waals surface area (Å²) in [6.07, 6.45) is -0.299. The molecule has 2 aliphatic rings. The molecule has 3 aromatic rings. The molecule has 0 saturated heterocycles. The third-order valence-corrected chi connectivity index (χ3v) is 6.16. The first kappa shape index (κ1) is 20.2. The van der Waals surface area contributed by atoms with E-state index in [4.69, 9.17) is 16.3 Å². The van der Waals surface area contributed by atoms with Gasteiger partial charge < -0.3 is 14.4 Å². The molecule has 1 fully saturated rings. The Morgan fingerprint density at radius 2 is 1.97 bits per heavy atom. The maximum Gasteiger partial charge on any atom is 0.573 e. The van der Waals surface area contributed by atoms with Crippen LogP contribution >= 0.6 is 11.6 Å². The van der Waals surface area contributed by atoms with E-state index in [1.807, 2.05) is 7.05 Å². The fourth-order valence-electron chi connectivity index (χ4n) is 4.61. The summed E-state index contributed by atoms with van der Waals surface area (Å²) in [4.78, 5) is 2.05. The number of fused-ring (bicyclic) bond motifs is 3. The lowest BCUT2D eigenvalue weighted by molar-refractivity contribution is -0.274. The van der Waals surface area contributed by atoms with Crippen LogP contribution in [0.2, 0.25) is 5.15 Å². The Hall–Kier alpha value is -2.75. The zero-order chi connectivity index (χ0) is 21.8. The van der Waals surface area contributed by atoms with E-state index in [1.165, 1.54) is 35.6 Å². The molecule has 2 aromatic heterocycles. The summed E-state index contributed by atoms with van der Waals surface area (Å²) in [5.74, 6) is 0.355.